The van der Waals surface area contributed by atoms with Crippen molar-refractivity contribution >= 4 is 5.97 Å². The van der Waals surface area contributed by atoms with Crippen LogP contribution in [0.2, 0.25) is 0 Å². The minimum atomic E-state index is 0.140. The minimum Gasteiger partial charge on any atom is -0.462 e. The van der Waals surface area contributed by atoms with Crippen molar-refractivity contribution in [3.63, 3.8) is 0 Å². The second kappa shape index (κ2) is 15.7. The van der Waals surface area contributed by atoms with Crippen molar-refractivity contribution in [3.05, 3.63) is 12.2 Å². The number of hydrogen-bond acceptors (Lipinski definition) is 2. The molecule has 2 heteroatoms. The Morgan fingerprint density at radius 1 is 0.595 bits per heavy atom. The summed E-state index contributed by atoms with van der Waals surface area (Å²) in [7, 11) is 0. The van der Waals surface area contributed by atoms with Crippen molar-refractivity contribution in [2.75, 3.05) is 0 Å². The first-order valence-corrected chi connectivity index (χ1v) is 17.0. The van der Waals surface area contributed by atoms with Crippen LogP contribution < -0.4 is 0 Å². The van der Waals surface area contributed by atoms with E-state index in [4.69, 9.17) is 4.74 Å². The maximum atomic E-state index is 12.8. The van der Waals surface area contributed by atoms with Crippen LogP contribution in [-0.4, -0.2) is 12.1 Å². The van der Waals surface area contributed by atoms with Gasteiger partial charge in [0, 0.05) is 0 Å². The number of unbranched alkanes of at least 4 members (excludes halogenated alkanes) is 2. The van der Waals surface area contributed by atoms with E-state index in [9.17, 15) is 4.79 Å². The first kappa shape index (κ1) is 29.2. The van der Waals surface area contributed by atoms with Crippen LogP contribution >= 0.6 is 0 Å². The minimum absolute atomic E-state index is 0.140. The molecule has 0 aromatic heterocycles. The van der Waals surface area contributed by atoms with Gasteiger partial charge in [-0.2, -0.15) is 0 Å². The Morgan fingerprint density at radius 3 is 1.68 bits per heavy atom. The molecule has 0 unspecified atom stereocenters. The number of ether oxygens (including phenoxy) is 1. The normalized spacial score (nSPS) is 37.5. The van der Waals surface area contributed by atoms with Crippen molar-refractivity contribution in [2.45, 2.75) is 161 Å². The average Bonchev–Trinajstić information content (AvgIpc) is 2.94. The zero-order valence-electron chi connectivity index (χ0n) is 24.6. The maximum absolute atomic E-state index is 12.8. The summed E-state index contributed by atoms with van der Waals surface area (Å²) in [5.41, 5.74) is 0. The summed E-state index contributed by atoms with van der Waals surface area (Å²) in [6, 6.07) is 0. The topological polar surface area (TPSA) is 26.3 Å². The van der Waals surface area contributed by atoms with Crippen LogP contribution in [0.4, 0.5) is 0 Å². The molecule has 0 aromatic carbocycles. The van der Waals surface area contributed by atoms with Crippen molar-refractivity contribution in [1.82, 2.24) is 0 Å². The van der Waals surface area contributed by atoms with Crippen LogP contribution in [0.5, 0.6) is 0 Å². The molecule has 0 saturated heterocycles. The van der Waals surface area contributed by atoms with E-state index in [1.165, 1.54) is 116 Å². The van der Waals surface area contributed by atoms with Gasteiger partial charge in [-0.25, -0.2) is 0 Å². The molecule has 0 heterocycles. The van der Waals surface area contributed by atoms with E-state index in [0.29, 0.717) is 0 Å². The van der Waals surface area contributed by atoms with Gasteiger partial charge in [-0.05, 0) is 138 Å². The van der Waals surface area contributed by atoms with E-state index in [0.717, 1.165) is 61.2 Å². The molecule has 4 aliphatic rings. The van der Waals surface area contributed by atoms with Gasteiger partial charge in [0.25, 0.3) is 0 Å². The molecular weight excluding hydrogens is 452 g/mol. The fraction of sp³-hybridized carbons (Fsp3) is 0.914. The van der Waals surface area contributed by atoms with Gasteiger partial charge in [-0.1, -0.05) is 64.5 Å². The highest BCUT2D eigenvalue weighted by Crippen LogP contribution is 2.42. The molecule has 212 valence electrons. The van der Waals surface area contributed by atoms with Gasteiger partial charge >= 0.3 is 5.97 Å². The van der Waals surface area contributed by atoms with Gasteiger partial charge in [0.1, 0.15) is 6.10 Å². The molecule has 2 nitrogen and oxygen atoms in total. The Hall–Kier alpha value is -0.790. The summed E-state index contributed by atoms with van der Waals surface area (Å²) in [6.45, 7) is 4.60. The lowest BCUT2D eigenvalue weighted by Crippen LogP contribution is -2.32. The van der Waals surface area contributed by atoms with Gasteiger partial charge in [0.05, 0.1) is 5.92 Å². The van der Waals surface area contributed by atoms with Crippen LogP contribution in [0.25, 0.3) is 0 Å². The van der Waals surface area contributed by atoms with E-state index >= 15 is 0 Å². The van der Waals surface area contributed by atoms with Crippen LogP contribution in [0, 0.1) is 41.4 Å². The molecule has 0 amide bonds. The molecular formula is C35H60O2. The molecule has 0 atom stereocenters. The van der Waals surface area contributed by atoms with Gasteiger partial charge in [0.15, 0.2) is 0 Å². The average molecular weight is 513 g/mol. The van der Waals surface area contributed by atoms with Crippen LogP contribution in [-0.2, 0) is 9.53 Å². The van der Waals surface area contributed by atoms with Crippen molar-refractivity contribution in [1.29, 1.82) is 0 Å². The second-order valence-corrected chi connectivity index (χ2v) is 13.8. The summed E-state index contributed by atoms with van der Waals surface area (Å²) >= 11 is 0. The molecule has 0 radical (unpaired) electrons. The summed E-state index contributed by atoms with van der Waals surface area (Å²) in [6.07, 6.45) is 34.7. The first-order valence-electron chi connectivity index (χ1n) is 17.0. The Bertz CT molecular complexity index is 651. The Morgan fingerprint density at radius 2 is 1.11 bits per heavy atom. The number of rotatable bonds is 11. The highest BCUT2D eigenvalue weighted by Gasteiger charge is 2.34. The summed E-state index contributed by atoms with van der Waals surface area (Å²) in [5, 5.41) is 0. The Kier molecular flexibility index (Phi) is 12.4. The largest absolute Gasteiger partial charge is 0.462 e. The lowest BCUT2D eigenvalue weighted by Gasteiger charge is -2.37. The fourth-order valence-electron chi connectivity index (χ4n) is 8.51. The van der Waals surface area contributed by atoms with Gasteiger partial charge in [0.2, 0.25) is 0 Å². The van der Waals surface area contributed by atoms with E-state index in [-0.39, 0.29) is 18.0 Å². The third kappa shape index (κ3) is 9.42. The quantitative estimate of drug-likeness (QED) is 0.156. The Balaban J connectivity index is 1.08. The van der Waals surface area contributed by atoms with E-state index in [2.05, 4.69) is 26.0 Å². The lowest BCUT2D eigenvalue weighted by molar-refractivity contribution is -0.157. The van der Waals surface area contributed by atoms with Crippen LogP contribution in [0.1, 0.15) is 155 Å². The number of allylic oxidation sites excluding steroid dienone is 2. The smallest absolute Gasteiger partial charge is 0.309 e. The zero-order valence-corrected chi connectivity index (χ0v) is 24.6. The monoisotopic (exact) mass is 512 g/mol. The Labute approximate surface area is 230 Å². The number of carbonyl (C=O) groups excluding carboxylic acids is 1. The van der Waals surface area contributed by atoms with Gasteiger partial charge in [-0.15, -0.1) is 0 Å². The molecule has 0 aromatic rings. The van der Waals surface area contributed by atoms with E-state index in [1.54, 1.807) is 0 Å². The summed E-state index contributed by atoms with van der Waals surface area (Å²) in [5.74, 6) is 5.69. The highest BCUT2D eigenvalue weighted by molar-refractivity contribution is 5.72. The third-order valence-corrected chi connectivity index (χ3v) is 11.1. The number of carbonyl (C=O) groups is 1. The second-order valence-electron chi connectivity index (χ2n) is 13.8. The van der Waals surface area contributed by atoms with Crippen molar-refractivity contribution < 1.29 is 9.53 Å². The molecule has 4 fully saturated rings. The fourth-order valence-corrected chi connectivity index (χ4v) is 8.51. The molecule has 0 spiro atoms. The van der Waals surface area contributed by atoms with E-state index in [1.807, 2.05) is 0 Å². The maximum Gasteiger partial charge on any atom is 0.309 e. The molecule has 37 heavy (non-hydrogen) atoms. The molecule has 0 aliphatic heterocycles. The van der Waals surface area contributed by atoms with Gasteiger partial charge in [-0.3, -0.25) is 4.79 Å². The lowest BCUT2D eigenvalue weighted by atomic mass is 9.69. The number of hydrogen-bond donors (Lipinski definition) is 0. The number of esters is 1. The molecule has 0 bridgehead atoms. The van der Waals surface area contributed by atoms with Gasteiger partial charge < -0.3 is 4.74 Å². The molecule has 0 N–H and O–H groups in total. The van der Waals surface area contributed by atoms with Crippen molar-refractivity contribution in [3.8, 4) is 0 Å². The SMILES string of the molecule is CCCCCC1CCC(/C=C/C2CCC(C3CCC(C(=O)OC4CCC(CCC)CC4)CC3)CC2)CC1. The molecule has 4 rings (SSSR count). The van der Waals surface area contributed by atoms with E-state index < -0.39 is 0 Å². The zero-order chi connectivity index (χ0) is 25.9. The standard InChI is InChI=1S/C35H60O2/c1-3-5-6-8-28-9-11-29(12-10-28)13-14-30-15-19-31(20-16-30)32-21-23-33(24-22-32)35(36)37-34-25-17-27(7-4-2)18-26-34/h13-14,27-34H,3-12,15-26H2,1-2H3/b14-13+. The predicted molar refractivity (Wildman–Crippen MR) is 156 cm³/mol. The van der Waals surface area contributed by atoms with Crippen LogP contribution in [0.3, 0.4) is 0 Å². The first-order chi connectivity index (χ1) is 18.1. The van der Waals surface area contributed by atoms with Crippen LogP contribution in [0.15, 0.2) is 12.2 Å². The van der Waals surface area contributed by atoms with Crippen molar-refractivity contribution in [2.24, 2.45) is 41.4 Å². The third-order valence-electron chi connectivity index (χ3n) is 11.1. The highest BCUT2D eigenvalue weighted by atomic mass is 16.5. The molecule has 4 saturated carbocycles. The predicted octanol–water partition coefficient (Wildman–Crippen LogP) is 10.4. The summed E-state index contributed by atoms with van der Waals surface area (Å²) in [4.78, 5) is 12.8. The summed E-state index contributed by atoms with van der Waals surface area (Å²) < 4.78 is 6.01. The molecule has 4 aliphatic carbocycles.